The molecule has 1 heterocycles. The first kappa shape index (κ1) is 26.5. The number of amides is 2. The lowest BCUT2D eigenvalue weighted by atomic mass is 10.1. The molecule has 11 heteroatoms. The second kappa shape index (κ2) is 11.6. The summed E-state index contributed by atoms with van der Waals surface area (Å²) in [5.41, 5.74) is -0.0918. The number of carbonyl (C=O) groups is 2. The Morgan fingerprint density at radius 3 is 2.59 bits per heavy atom. The van der Waals surface area contributed by atoms with Crippen LogP contribution < -0.4 is 5.32 Å². The molecule has 0 unspecified atom stereocenters. The van der Waals surface area contributed by atoms with Gasteiger partial charge in [0.1, 0.15) is 4.32 Å². The molecule has 2 aromatic carbocycles. The number of thiocarbonyl (C=S) groups is 1. The van der Waals surface area contributed by atoms with Crippen LogP contribution in [0.4, 0.5) is 18.9 Å². The third-order valence-electron chi connectivity index (χ3n) is 4.90. The number of nitrogens with one attached hydrogen (secondary N) is 1. The van der Waals surface area contributed by atoms with Crippen LogP contribution in [0.3, 0.4) is 0 Å². The van der Waals surface area contributed by atoms with Gasteiger partial charge in [0.25, 0.3) is 5.91 Å². The van der Waals surface area contributed by atoms with Gasteiger partial charge >= 0.3 is 6.18 Å². The topological polar surface area (TPSA) is 49.4 Å². The summed E-state index contributed by atoms with van der Waals surface area (Å²) in [7, 11) is 0. The van der Waals surface area contributed by atoms with E-state index in [1.54, 1.807) is 24.3 Å². The molecule has 0 aliphatic carbocycles. The average Bonchev–Trinajstić information content (AvgIpc) is 3.03. The van der Waals surface area contributed by atoms with Crippen LogP contribution in [-0.2, 0) is 15.8 Å². The molecule has 3 rings (SSSR count). The SMILES string of the molecule is O=C(CCCCCN1C(=O)/C(=C/c2cccc(Cl)c2Cl)SC1=S)Nc1cccc(C(F)(F)F)c1. The number of rotatable bonds is 8. The monoisotopic (exact) mass is 546 g/mol. The van der Waals surface area contributed by atoms with Gasteiger partial charge in [-0.15, -0.1) is 0 Å². The lowest BCUT2D eigenvalue weighted by molar-refractivity contribution is -0.137. The number of hydrogen-bond donors (Lipinski definition) is 1. The Balaban J connectivity index is 1.45. The Labute approximate surface area is 214 Å². The Hall–Kier alpha value is -2.07. The third kappa shape index (κ3) is 6.97. The van der Waals surface area contributed by atoms with Gasteiger partial charge in [-0.2, -0.15) is 13.2 Å². The molecule has 0 aromatic heterocycles. The van der Waals surface area contributed by atoms with Gasteiger partial charge in [-0.05, 0) is 48.7 Å². The molecule has 1 saturated heterocycles. The van der Waals surface area contributed by atoms with Gasteiger partial charge < -0.3 is 5.32 Å². The van der Waals surface area contributed by atoms with E-state index in [9.17, 15) is 22.8 Å². The predicted octanol–water partition coefficient (Wildman–Crippen LogP) is 7.41. The second-order valence-electron chi connectivity index (χ2n) is 7.41. The summed E-state index contributed by atoms with van der Waals surface area (Å²) in [4.78, 5) is 26.7. The molecule has 1 fully saturated rings. The van der Waals surface area contributed by atoms with Crippen molar-refractivity contribution in [2.24, 2.45) is 0 Å². The Bertz CT molecular complexity index is 1140. The van der Waals surface area contributed by atoms with E-state index in [-0.39, 0.29) is 23.9 Å². The summed E-state index contributed by atoms with van der Waals surface area (Å²) in [5.74, 6) is -0.584. The lowest BCUT2D eigenvalue weighted by Gasteiger charge is -2.14. The second-order valence-corrected chi connectivity index (χ2v) is 9.87. The number of hydrogen-bond acceptors (Lipinski definition) is 4. The molecule has 4 nitrogen and oxygen atoms in total. The summed E-state index contributed by atoms with van der Waals surface area (Å²) in [6.45, 7) is 0.403. The first-order valence-corrected chi connectivity index (χ1v) is 12.2. The first-order chi connectivity index (χ1) is 16.1. The van der Waals surface area contributed by atoms with Crippen molar-refractivity contribution < 1.29 is 22.8 Å². The molecule has 0 saturated carbocycles. The quantitative estimate of drug-likeness (QED) is 0.212. The summed E-state index contributed by atoms with van der Waals surface area (Å²) in [6.07, 6.45) is -0.871. The molecule has 1 N–H and O–H groups in total. The van der Waals surface area contributed by atoms with E-state index in [1.165, 1.54) is 28.8 Å². The number of benzene rings is 2. The van der Waals surface area contributed by atoms with Crippen LogP contribution in [0.5, 0.6) is 0 Å². The molecule has 0 atom stereocenters. The molecule has 1 aliphatic rings. The molecular weight excluding hydrogens is 528 g/mol. The fourth-order valence-electron chi connectivity index (χ4n) is 3.19. The van der Waals surface area contributed by atoms with Crippen LogP contribution in [0.1, 0.15) is 36.8 Å². The van der Waals surface area contributed by atoms with Crippen molar-refractivity contribution in [2.75, 3.05) is 11.9 Å². The van der Waals surface area contributed by atoms with Gasteiger partial charge in [0.05, 0.1) is 20.5 Å². The Morgan fingerprint density at radius 1 is 1.12 bits per heavy atom. The molecule has 180 valence electrons. The van der Waals surface area contributed by atoms with Gasteiger partial charge in [0.2, 0.25) is 5.91 Å². The highest BCUT2D eigenvalue weighted by atomic mass is 35.5. The summed E-state index contributed by atoms with van der Waals surface area (Å²) in [5, 5.41) is 3.23. The third-order valence-corrected chi connectivity index (χ3v) is 7.11. The molecule has 2 amide bonds. The minimum Gasteiger partial charge on any atom is -0.326 e. The maximum absolute atomic E-state index is 12.8. The van der Waals surface area contributed by atoms with E-state index in [2.05, 4.69) is 5.32 Å². The highest BCUT2D eigenvalue weighted by Crippen LogP contribution is 2.35. The smallest absolute Gasteiger partial charge is 0.326 e. The van der Waals surface area contributed by atoms with Crippen LogP contribution in [-0.4, -0.2) is 27.6 Å². The molecule has 34 heavy (non-hydrogen) atoms. The fourth-order valence-corrected chi connectivity index (χ4v) is 4.86. The minimum absolute atomic E-state index is 0.101. The number of alkyl halides is 3. The van der Waals surface area contributed by atoms with Gasteiger partial charge in [-0.25, -0.2) is 0 Å². The lowest BCUT2D eigenvalue weighted by Crippen LogP contribution is -2.29. The van der Waals surface area contributed by atoms with E-state index < -0.39 is 11.7 Å². The van der Waals surface area contributed by atoms with E-state index in [4.69, 9.17) is 35.4 Å². The van der Waals surface area contributed by atoms with Crippen LogP contribution in [0, 0.1) is 0 Å². The highest BCUT2D eigenvalue weighted by molar-refractivity contribution is 8.26. The average molecular weight is 547 g/mol. The highest BCUT2D eigenvalue weighted by Gasteiger charge is 2.32. The van der Waals surface area contributed by atoms with Crippen LogP contribution in [0.15, 0.2) is 47.4 Å². The Kier molecular flexibility index (Phi) is 9.03. The minimum atomic E-state index is -4.47. The molecule has 0 bridgehead atoms. The number of nitrogens with zero attached hydrogens (tertiary/aromatic N) is 1. The fraction of sp³-hybridized carbons (Fsp3) is 0.261. The van der Waals surface area contributed by atoms with E-state index in [0.717, 1.165) is 12.1 Å². The van der Waals surface area contributed by atoms with Crippen LogP contribution >= 0.6 is 47.2 Å². The van der Waals surface area contributed by atoms with Crippen molar-refractivity contribution in [3.05, 3.63) is 68.5 Å². The van der Waals surface area contributed by atoms with E-state index in [0.29, 0.717) is 50.6 Å². The number of anilines is 1. The number of thioether (sulfide) groups is 1. The summed E-state index contributed by atoms with van der Waals surface area (Å²) in [6, 6.07) is 9.66. The zero-order chi connectivity index (χ0) is 24.9. The van der Waals surface area contributed by atoms with Gasteiger partial charge in [-0.3, -0.25) is 14.5 Å². The standard InChI is InChI=1S/C23H19Cl2F3N2O2S2/c24-17-9-4-6-14(20(17)25)12-18-21(32)30(22(33)34-18)11-3-1-2-10-19(31)29-16-8-5-7-15(13-16)23(26,27)28/h4-9,12-13H,1-3,10-11H2,(H,29,31)/b18-12-. The summed E-state index contributed by atoms with van der Waals surface area (Å²) < 4.78 is 38.8. The van der Waals surface area contributed by atoms with E-state index >= 15 is 0 Å². The van der Waals surface area contributed by atoms with Gasteiger partial charge in [-0.1, -0.05) is 71.8 Å². The Morgan fingerprint density at radius 2 is 1.85 bits per heavy atom. The summed E-state index contributed by atoms with van der Waals surface area (Å²) >= 11 is 18.7. The zero-order valence-corrected chi connectivity index (χ0v) is 20.8. The number of unbranched alkanes of at least 4 members (excludes halogenated alkanes) is 2. The van der Waals surface area contributed by atoms with Crippen molar-refractivity contribution >= 4 is 75.1 Å². The van der Waals surface area contributed by atoms with Crippen molar-refractivity contribution in [3.63, 3.8) is 0 Å². The van der Waals surface area contributed by atoms with Crippen molar-refractivity contribution in [1.82, 2.24) is 4.90 Å². The van der Waals surface area contributed by atoms with Crippen molar-refractivity contribution in [2.45, 2.75) is 31.9 Å². The van der Waals surface area contributed by atoms with Crippen LogP contribution in [0.2, 0.25) is 10.0 Å². The van der Waals surface area contributed by atoms with Crippen molar-refractivity contribution in [1.29, 1.82) is 0 Å². The molecule has 0 radical (unpaired) electrons. The number of halogens is 5. The predicted molar refractivity (Wildman–Crippen MR) is 135 cm³/mol. The van der Waals surface area contributed by atoms with Crippen LogP contribution in [0.25, 0.3) is 6.08 Å². The van der Waals surface area contributed by atoms with E-state index in [1.807, 2.05) is 0 Å². The first-order valence-electron chi connectivity index (χ1n) is 10.2. The number of carbonyl (C=O) groups excluding carboxylic acids is 2. The zero-order valence-electron chi connectivity index (χ0n) is 17.6. The molecule has 2 aromatic rings. The van der Waals surface area contributed by atoms with Crippen molar-refractivity contribution in [3.8, 4) is 0 Å². The van der Waals surface area contributed by atoms with Gasteiger partial charge in [0.15, 0.2) is 0 Å². The molecule has 1 aliphatic heterocycles. The maximum Gasteiger partial charge on any atom is 0.416 e. The molecular formula is C23H19Cl2F3N2O2S2. The van der Waals surface area contributed by atoms with Gasteiger partial charge in [0, 0.05) is 18.7 Å². The largest absolute Gasteiger partial charge is 0.416 e. The normalized spacial score (nSPS) is 15.3. The maximum atomic E-state index is 12.8. The molecule has 0 spiro atoms.